The van der Waals surface area contributed by atoms with Gasteiger partial charge in [-0.3, -0.25) is 0 Å². The highest BCUT2D eigenvalue weighted by Crippen LogP contribution is 2.33. The maximum Gasteiger partial charge on any atom is 0.0511 e. The van der Waals surface area contributed by atoms with Gasteiger partial charge in [-0.15, -0.1) is 0 Å². The van der Waals surface area contributed by atoms with E-state index < -0.39 is 0 Å². The Hall–Kier alpha value is -1.03. The van der Waals surface area contributed by atoms with Gasteiger partial charge < -0.3 is 10.6 Å². The molecule has 2 aromatic rings. The van der Waals surface area contributed by atoms with Gasteiger partial charge in [-0.2, -0.15) is 0 Å². The van der Waals surface area contributed by atoms with Crippen molar-refractivity contribution in [3.05, 3.63) is 63.1 Å². The minimum Gasteiger partial charge on any atom is -0.368 e. The molecule has 21 heavy (non-hydrogen) atoms. The van der Waals surface area contributed by atoms with E-state index in [-0.39, 0.29) is 12.1 Å². The van der Waals surface area contributed by atoms with E-state index in [0.717, 1.165) is 20.7 Å². The van der Waals surface area contributed by atoms with Crippen LogP contribution >= 0.6 is 27.5 Å². The third kappa shape index (κ3) is 3.79. The predicted molar refractivity (Wildman–Crippen MR) is 95.0 cm³/mol. The van der Waals surface area contributed by atoms with Crippen LogP contribution in [0.1, 0.15) is 37.1 Å². The Kier molecular flexibility index (Phi) is 5.31. The lowest BCUT2D eigenvalue weighted by molar-refractivity contribution is 0.722. The smallest absolute Gasteiger partial charge is 0.0511 e. The first-order valence-corrected chi connectivity index (χ1v) is 8.10. The number of anilines is 1. The number of hydrogen-bond donors (Lipinski definition) is 1. The summed E-state index contributed by atoms with van der Waals surface area (Å²) in [6, 6.07) is 14.4. The van der Waals surface area contributed by atoms with E-state index in [2.05, 4.69) is 53.0 Å². The van der Waals surface area contributed by atoms with Crippen molar-refractivity contribution < 1.29 is 0 Å². The minimum atomic E-state index is -0.0217. The summed E-state index contributed by atoms with van der Waals surface area (Å²) in [5, 5.41) is 0.760. The Labute approximate surface area is 140 Å². The van der Waals surface area contributed by atoms with E-state index in [0.29, 0.717) is 0 Å². The van der Waals surface area contributed by atoms with Crippen LogP contribution in [0.5, 0.6) is 0 Å². The van der Waals surface area contributed by atoms with Crippen LogP contribution in [0.4, 0.5) is 5.69 Å². The molecule has 0 spiro atoms. The number of benzene rings is 2. The number of halogens is 2. The molecular formula is C17H20BrClN2. The lowest BCUT2D eigenvalue weighted by atomic mass is 10.0. The van der Waals surface area contributed by atoms with E-state index in [1.54, 1.807) is 0 Å². The van der Waals surface area contributed by atoms with Crippen molar-refractivity contribution in [2.75, 3.05) is 11.9 Å². The SMILES string of the molecule is CC(N)c1cc(Br)ccc1N(C)C(C)c1cccc(Cl)c1. The van der Waals surface area contributed by atoms with Crippen molar-refractivity contribution in [1.82, 2.24) is 0 Å². The Morgan fingerprint density at radius 3 is 2.48 bits per heavy atom. The zero-order chi connectivity index (χ0) is 15.6. The van der Waals surface area contributed by atoms with Crippen molar-refractivity contribution in [3.8, 4) is 0 Å². The molecular weight excluding hydrogens is 348 g/mol. The maximum absolute atomic E-state index is 6.12. The van der Waals surface area contributed by atoms with Gasteiger partial charge >= 0.3 is 0 Å². The van der Waals surface area contributed by atoms with Gasteiger partial charge in [-0.05, 0) is 55.3 Å². The van der Waals surface area contributed by atoms with Crippen molar-refractivity contribution in [2.45, 2.75) is 25.9 Å². The normalized spacial score (nSPS) is 13.8. The Morgan fingerprint density at radius 2 is 1.86 bits per heavy atom. The van der Waals surface area contributed by atoms with E-state index in [1.165, 1.54) is 5.56 Å². The quantitative estimate of drug-likeness (QED) is 0.792. The van der Waals surface area contributed by atoms with Crippen molar-refractivity contribution in [1.29, 1.82) is 0 Å². The molecule has 0 heterocycles. The lowest BCUT2D eigenvalue weighted by Gasteiger charge is -2.30. The molecule has 0 bridgehead atoms. The summed E-state index contributed by atoms with van der Waals surface area (Å²) in [5.74, 6) is 0. The van der Waals surface area contributed by atoms with E-state index in [4.69, 9.17) is 17.3 Å². The van der Waals surface area contributed by atoms with Gasteiger partial charge in [0.2, 0.25) is 0 Å². The van der Waals surface area contributed by atoms with Crippen LogP contribution in [0, 0.1) is 0 Å². The Balaban J connectivity index is 2.37. The Morgan fingerprint density at radius 1 is 1.14 bits per heavy atom. The predicted octanol–water partition coefficient (Wildman–Crippen LogP) is 5.32. The summed E-state index contributed by atoms with van der Waals surface area (Å²) in [7, 11) is 2.08. The summed E-state index contributed by atoms with van der Waals surface area (Å²) in [6.07, 6.45) is 0. The average Bonchev–Trinajstić information content (AvgIpc) is 2.45. The van der Waals surface area contributed by atoms with Crippen LogP contribution in [-0.4, -0.2) is 7.05 Å². The fourth-order valence-corrected chi connectivity index (χ4v) is 2.99. The van der Waals surface area contributed by atoms with Crippen LogP contribution < -0.4 is 10.6 Å². The molecule has 0 radical (unpaired) electrons. The molecule has 0 aliphatic rings. The maximum atomic E-state index is 6.12. The second-order valence-corrected chi connectivity index (χ2v) is 6.69. The first-order valence-electron chi connectivity index (χ1n) is 6.93. The summed E-state index contributed by atoms with van der Waals surface area (Å²) >= 11 is 9.61. The molecule has 0 saturated carbocycles. The standard InChI is InChI=1S/C17H20BrClN2/c1-11(20)16-10-14(18)7-8-17(16)21(3)12(2)13-5-4-6-15(19)9-13/h4-12H,20H2,1-3H3. The molecule has 2 rings (SSSR count). The molecule has 0 aliphatic carbocycles. The molecule has 2 atom stereocenters. The fraction of sp³-hybridized carbons (Fsp3) is 0.294. The number of hydrogen-bond acceptors (Lipinski definition) is 2. The minimum absolute atomic E-state index is 0.0217. The average molecular weight is 368 g/mol. The zero-order valence-electron chi connectivity index (χ0n) is 12.5. The van der Waals surface area contributed by atoms with Gasteiger partial charge in [-0.1, -0.05) is 39.7 Å². The number of nitrogens with two attached hydrogens (primary N) is 1. The monoisotopic (exact) mass is 366 g/mol. The molecule has 2 unspecified atom stereocenters. The molecule has 0 amide bonds. The summed E-state index contributed by atoms with van der Waals surface area (Å²) in [5.41, 5.74) is 9.56. The largest absolute Gasteiger partial charge is 0.368 e. The highest BCUT2D eigenvalue weighted by atomic mass is 79.9. The van der Waals surface area contributed by atoms with E-state index in [9.17, 15) is 0 Å². The molecule has 112 valence electrons. The highest BCUT2D eigenvalue weighted by Gasteiger charge is 2.17. The van der Waals surface area contributed by atoms with E-state index in [1.807, 2.05) is 31.2 Å². The van der Waals surface area contributed by atoms with Crippen LogP contribution in [0.25, 0.3) is 0 Å². The van der Waals surface area contributed by atoms with E-state index >= 15 is 0 Å². The molecule has 2 N–H and O–H groups in total. The zero-order valence-corrected chi connectivity index (χ0v) is 14.8. The van der Waals surface area contributed by atoms with Gasteiger partial charge in [-0.25, -0.2) is 0 Å². The van der Waals surface area contributed by atoms with Gasteiger partial charge in [0, 0.05) is 28.3 Å². The first-order chi connectivity index (χ1) is 9.90. The summed E-state index contributed by atoms with van der Waals surface area (Å²) < 4.78 is 1.04. The number of rotatable bonds is 4. The van der Waals surface area contributed by atoms with Gasteiger partial charge in [0.05, 0.1) is 6.04 Å². The topological polar surface area (TPSA) is 29.3 Å². The first kappa shape index (κ1) is 16.3. The van der Waals surface area contributed by atoms with Crippen LogP contribution in [0.2, 0.25) is 5.02 Å². The molecule has 0 aromatic heterocycles. The summed E-state index contributed by atoms with van der Waals surface area (Å²) in [6.45, 7) is 4.17. The van der Waals surface area contributed by atoms with Gasteiger partial charge in [0.15, 0.2) is 0 Å². The third-order valence-electron chi connectivity index (χ3n) is 3.77. The molecule has 2 aromatic carbocycles. The second kappa shape index (κ2) is 6.82. The molecule has 0 fully saturated rings. The van der Waals surface area contributed by atoms with Crippen LogP contribution in [-0.2, 0) is 0 Å². The van der Waals surface area contributed by atoms with Crippen molar-refractivity contribution in [3.63, 3.8) is 0 Å². The third-order valence-corrected chi connectivity index (χ3v) is 4.50. The van der Waals surface area contributed by atoms with Gasteiger partial charge in [0.25, 0.3) is 0 Å². The molecule has 0 saturated heterocycles. The number of nitrogens with zero attached hydrogens (tertiary/aromatic N) is 1. The van der Waals surface area contributed by atoms with Crippen molar-refractivity contribution >= 4 is 33.2 Å². The van der Waals surface area contributed by atoms with Crippen molar-refractivity contribution in [2.24, 2.45) is 5.73 Å². The second-order valence-electron chi connectivity index (χ2n) is 5.33. The molecule has 2 nitrogen and oxygen atoms in total. The highest BCUT2D eigenvalue weighted by molar-refractivity contribution is 9.10. The molecule has 0 aliphatic heterocycles. The lowest BCUT2D eigenvalue weighted by Crippen LogP contribution is -2.24. The summed E-state index contributed by atoms with van der Waals surface area (Å²) in [4.78, 5) is 2.23. The van der Waals surface area contributed by atoms with Gasteiger partial charge in [0.1, 0.15) is 0 Å². The van der Waals surface area contributed by atoms with Crippen LogP contribution in [0.15, 0.2) is 46.9 Å². The molecule has 4 heteroatoms. The fourth-order valence-electron chi connectivity index (χ4n) is 2.41. The van der Waals surface area contributed by atoms with Crippen LogP contribution in [0.3, 0.4) is 0 Å². The Bertz CT molecular complexity index is 628.